The molecule has 27 heavy (non-hydrogen) atoms. The van der Waals surface area contributed by atoms with E-state index in [1.54, 1.807) is 0 Å². The van der Waals surface area contributed by atoms with Crippen LogP contribution in [-0.2, 0) is 42.9 Å². The molecule has 0 bridgehead atoms. The number of carbonyl (C=O) groups excluding carboxylic acids is 4. The molecule has 5 atom stereocenters. The summed E-state index contributed by atoms with van der Waals surface area (Å²) in [5.41, 5.74) is 8.56. The molecule has 0 spiro atoms. The molecule has 1 aliphatic heterocycles. The van der Waals surface area contributed by atoms with Crippen LogP contribution < -0.4 is 0 Å². The maximum absolute atomic E-state index is 11.6. The lowest BCUT2D eigenvalue weighted by Crippen LogP contribution is -2.63. The first kappa shape index (κ1) is 22.2. The Morgan fingerprint density at radius 1 is 0.852 bits per heavy atom. The summed E-state index contributed by atoms with van der Waals surface area (Å²) in [5.74, 6) is -2.78. The molecule has 1 heterocycles. The number of rotatable bonds is 7. The molecule has 1 fully saturated rings. The quantitative estimate of drug-likeness (QED) is 0.198. The van der Waals surface area contributed by atoms with Gasteiger partial charge in [-0.3, -0.25) is 19.2 Å². The van der Waals surface area contributed by atoms with Crippen LogP contribution in [0.2, 0.25) is 0 Å². The van der Waals surface area contributed by atoms with Gasteiger partial charge in [0.25, 0.3) is 0 Å². The highest BCUT2D eigenvalue weighted by Gasteiger charge is 2.51. The minimum absolute atomic E-state index is 0.268. The van der Waals surface area contributed by atoms with Crippen molar-refractivity contribution in [3.63, 3.8) is 0 Å². The van der Waals surface area contributed by atoms with Crippen molar-refractivity contribution in [3.05, 3.63) is 10.4 Å². The fourth-order valence-electron chi connectivity index (χ4n) is 2.58. The van der Waals surface area contributed by atoms with Crippen LogP contribution in [0.25, 0.3) is 10.4 Å². The monoisotopic (exact) mass is 387 g/mol. The van der Waals surface area contributed by atoms with E-state index in [0.717, 1.165) is 20.8 Å². The Bertz CT molecular complexity index is 632. The SMILES string of the molecule is CC(=O)OCC1O[C@@H](CN=[N+]=[N-])C(OC(C)=O)C(OC(C)=O)[C@H]1OC(C)=O. The summed E-state index contributed by atoms with van der Waals surface area (Å²) in [6.45, 7) is 3.95. The summed E-state index contributed by atoms with van der Waals surface area (Å²) in [6.07, 6.45) is -5.77. The van der Waals surface area contributed by atoms with Crippen molar-refractivity contribution in [3.8, 4) is 0 Å². The molecule has 0 aliphatic carbocycles. The predicted molar refractivity (Wildman–Crippen MR) is 86.0 cm³/mol. The summed E-state index contributed by atoms with van der Waals surface area (Å²) in [6, 6.07) is 0. The number of esters is 4. The Labute approximate surface area is 154 Å². The van der Waals surface area contributed by atoms with Gasteiger partial charge >= 0.3 is 23.9 Å². The number of azide groups is 1. The Hall–Kier alpha value is -2.85. The van der Waals surface area contributed by atoms with E-state index in [-0.39, 0.29) is 13.2 Å². The number of ether oxygens (including phenoxy) is 5. The van der Waals surface area contributed by atoms with Crippen molar-refractivity contribution in [2.24, 2.45) is 5.11 Å². The lowest BCUT2D eigenvalue weighted by Gasteiger charge is -2.44. The van der Waals surface area contributed by atoms with Crippen LogP contribution >= 0.6 is 0 Å². The third kappa shape index (κ3) is 7.12. The first-order valence-electron chi connectivity index (χ1n) is 7.97. The smallest absolute Gasteiger partial charge is 0.303 e. The average Bonchev–Trinajstić information content (AvgIpc) is 2.54. The molecule has 1 rings (SSSR count). The van der Waals surface area contributed by atoms with Crippen LogP contribution in [0, 0.1) is 0 Å². The van der Waals surface area contributed by atoms with Gasteiger partial charge in [-0.05, 0) is 5.53 Å². The topological polar surface area (TPSA) is 163 Å². The minimum atomic E-state index is -1.26. The third-order valence-electron chi connectivity index (χ3n) is 3.41. The molecule has 1 saturated heterocycles. The second-order valence-corrected chi connectivity index (χ2v) is 5.65. The van der Waals surface area contributed by atoms with Crippen LogP contribution in [0.1, 0.15) is 27.7 Å². The van der Waals surface area contributed by atoms with Gasteiger partial charge in [-0.1, -0.05) is 5.11 Å². The van der Waals surface area contributed by atoms with Crippen molar-refractivity contribution in [2.75, 3.05) is 13.2 Å². The Morgan fingerprint density at radius 3 is 1.78 bits per heavy atom. The molecule has 12 heteroatoms. The molecular formula is C15H21N3O9. The predicted octanol–water partition coefficient (Wildman–Crippen LogP) is 0.422. The number of carbonyl (C=O) groups is 4. The fraction of sp³-hybridized carbons (Fsp3) is 0.733. The van der Waals surface area contributed by atoms with Crippen LogP contribution in [0.4, 0.5) is 0 Å². The van der Waals surface area contributed by atoms with Gasteiger partial charge in [-0.15, -0.1) is 0 Å². The van der Waals surface area contributed by atoms with E-state index in [4.69, 9.17) is 29.2 Å². The van der Waals surface area contributed by atoms with Gasteiger partial charge in [0.15, 0.2) is 18.3 Å². The Balaban J connectivity index is 3.28. The van der Waals surface area contributed by atoms with Crippen LogP contribution in [0.5, 0.6) is 0 Å². The molecule has 0 radical (unpaired) electrons. The van der Waals surface area contributed by atoms with E-state index in [9.17, 15) is 19.2 Å². The second kappa shape index (κ2) is 10.3. The van der Waals surface area contributed by atoms with Gasteiger partial charge in [-0.2, -0.15) is 0 Å². The average molecular weight is 387 g/mol. The van der Waals surface area contributed by atoms with E-state index >= 15 is 0 Å². The number of nitrogens with zero attached hydrogens (tertiary/aromatic N) is 3. The van der Waals surface area contributed by atoms with Crippen molar-refractivity contribution in [2.45, 2.75) is 58.2 Å². The van der Waals surface area contributed by atoms with Gasteiger partial charge in [0.1, 0.15) is 18.8 Å². The van der Waals surface area contributed by atoms with Crippen molar-refractivity contribution in [1.29, 1.82) is 0 Å². The molecule has 0 aromatic rings. The summed E-state index contributed by atoms with van der Waals surface area (Å²) in [5, 5.41) is 3.39. The van der Waals surface area contributed by atoms with Gasteiger partial charge in [0, 0.05) is 32.6 Å². The zero-order valence-corrected chi connectivity index (χ0v) is 15.3. The molecule has 1 aliphatic rings. The van der Waals surface area contributed by atoms with E-state index in [2.05, 4.69) is 10.0 Å². The maximum atomic E-state index is 11.6. The van der Waals surface area contributed by atoms with Crippen LogP contribution in [0.15, 0.2) is 5.11 Å². The van der Waals surface area contributed by atoms with Crippen molar-refractivity contribution >= 4 is 23.9 Å². The van der Waals surface area contributed by atoms with Gasteiger partial charge in [0.2, 0.25) is 0 Å². The zero-order chi connectivity index (χ0) is 20.6. The molecule has 3 unspecified atom stereocenters. The Morgan fingerprint density at radius 2 is 1.33 bits per heavy atom. The third-order valence-corrected chi connectivity index (χ3v) is 3.41. The number of hydrogen-bond donors (Lipinski definition) is 0. The zero-order valence-electron chi connectivity index (χ0n) is 15.3. The highest BCUT2D eigenvalue weighted by molar-refractivity contribution is 5.68. The summed E-state index contributed by atoms with van der Waals surface area (Å²) >= 11 is 0. The summed E-state index contributed by atoms with van der Waals surface area (Å²) in [4.78, 5) is 48.3. The van der Waals surface area contributed by atoms with Crippen LogP contribution in [0.3, 0.4) is 0 Å². The normalized spacial score (nSPS) is 26.9. The van der Waals surface area contributed by atoms with E-state index in [0.29, 0.717) is 0 Å². The van der Waals surface area contributed by atoms with E-state index < -0.39 is 54.4 Å². The number of hydrogen-bond acceptors (Lipinski definition) is 10. The van der Waals surface area contributed by atoms with Gasteiger partial charge < -0.3 is 23.7 Å². The molecule has 0 saturated carbocycles. The molecule has 0 N–H and O–H groups in total. The maximum Gasteiger partial charge on any atom is 0.303 e. The molecule has 0 amide bonds. The summed E-state index contributed by atoms with van der Waals surface area (Å²) < 4.78 is 26.2. The molecule has 0 aromatic heterocycles. The van der Waals surface area contributed by atoms with Crippen LogP contribution in [-0.4, -0.2) is 67.5 Å². The lowest BCUT2D eigenvalue weighted by molar-refractivity contribution is -0.250. The molecule has 12 nitrogen and oxygen atoms in total. The lowest BCUT2D eigenvalue weighted by atomic mass is 9.94. The van der Waals surface area contributed by atoms with Gasteiger partial charge in [-0.25, -0.2) is 0 Å². The van der Waals surface area contributed by atoms with Crippen molar-refractivity contribution < 1.29 is 42.9 Å². The second-order valence-electron chi connectivity index (χ2n) is 5.65. The first-order chi connectivity index (χ1) is 12.6. The highest BCUT2D eigenvalue weighted by Crippen LogP contribution is 2.29. The fourth-order valence-corrected chi connectivity index (χ4v) is 2.58. The van der Waals surface area contributed by atoms with Gasteiger partial charge in [0.05, 0.1) is 6.54 Å². The highest BCUT2D eigenvalue weighted by atomic mass is 16.7. The van der Waals surface area contributed by atoms with E-state index in [1.165, 1.54) is 6.92 Å². The van der Waals surface area contributed by atoms with E-state index in [1.807, 2.05) is 0 Å². The van der Waals surface area contributed by atoms with Crippen molar-refractivity contribution in [1.82, 2.24) is 0 Å². The Kier molecular flexibility index (Phi) is 8.49. The first-order valence-corrected chi connectivity index (χ1v) is 7.97. The minimum Gasteiger partial charge on any atom is -0.463 e. The molecule has 150 valence electrons. The molecule has 0 aromatic carbocycles. The molecular weight excluding hydrogens is 366 g/mol. The summed E-state index contributed by atoms with van der Waals surface area (Å²) in [7, 11) is 0. The largest absolute Gasteiger partial charge is 0.463 e. The standard InChI is InChI=1S/C15H21N3O9/c1-7(19)23-6-12-14(25-9(3)21)15(26-10(4)22)13(24-8(2)20)11(27-12)5-17-18-16/h11-15H,5-6H2,1-4H3/t11-,12?,13?,14-,15?/m0/s1.